The highest BCUT2D eigenvalue weighted by Crippen LogP contribution is 2.36. The zero-order chi connectivity index (χ0) is 22.2. The molecule has 168 valence electrons. The van der Waals surface area contributed by atoms with E-state index in [9.17, 15) is 14.0 Å². The summed E-state index contributed by atoms with van der Waals surface area (Å²) in [6.07, 6.45) is 2.94. The Hall–Kier alpha value is -2.93. The molecule has 3 fully saturated rings. The average Bonchev–Trinajstić information content (AvgIpc) is 2.83. The molecule has 6 rings (SSSR count). The van der Waals surface area contributed by atoms with Crippen LogP contribution in [0.5, 0.6) is 0 Å². The van der Waals surface area contributed by atoms with E-state index in [2.05, 4.69) is 15.5 Å². The number of carbonyl (C=O) groups is 2. The minimum Gasteiger partial charge on any atom is -0.355 e. The maximum Gasteiger partial charge on any atom is 0.318 e. The van der Waals surface area contributed by atoms with Crippen LogP contribution in [0.25, 0.3) is 0 Å². The minimum atomic E-state index is -0.320. The number of carbonyl (C=O) groups excluding carboxylic acids is 2. The van der Waals surface area contributed by atoms with Gasteiger partial charge in [-0.3, -0.25) is 4.79 Å². The number of hydrogen-bond acceptors (Lipinski definition) is 3. The Morgan fingerprint density at radius 2 is 1.78 bits per heavy atom. The van der Waals surface area contributed by atoms with Gasteiger partial charge < -0.3 is 20.4 Å². The Morgan fingerprint density at radius 1 is 1.03 bits per heavy atom. The van der Waals surface area contributed by atoms with E-state index in [4.69, 9.17) is 0 Å². The molecule has 7 heteroatoms. The second-order valence-corrected chi connectivity index (χ2v) is 9.08. The molecule has 3 amide bonds. The molecule has 0 unspecified atom stereocenters. The third-order valence-electron chi connectivity index (χ3n) is 7.27. The van der Waals surface area contributed by atoms with Crippen LogP contribution in [-0.2, 0) is 6.42 Å². The van der Waals surface area contributed by atoms with Gasteiger partial charge in [-0.1, -0.05) is 18.2 Å². The summed E-state index contributed by atoms with van der Waals surface area (Å²) in [6.45, 7) is 3.71. The molecular weight excluding hydrogens is 407 g/mol. The molecule has 2 aromatic rings. The number of fused-ring (bicyclic) bond motifs is 4. The van der Waals surface area contributed by atoms with E-state index in [0.29, 0.717) is 24.4 Å². The number of nitrogens with zero attached hydrogens (tertiary/aromatic N) is 2. The Kier molecular flexibility index (Phi) is 5.59. The highest BCUT2D eigenvalue weighted by atomic mass is 19.1. The van der Waals surface area contributed by atoms with Gasteiger partial charge >= 0.3 is 6.03 Å². The fraction of sp³-hybridized carbons (Fsp3) is 0.440. The van der Waals surface area contributed by atoms with E-state index >= 15 is 0 Å². The number of amides is 3. The van der Waals surface area contributed by atoms with Crippen molar-refractivity contribution in [3.05, 3.63) is 70.5 Å². The highest BCUT2D eigenvalue weighted by molar-refractivity contribution is 5.94. The lowest BCUT2D eigenvalue weighted by atomic mass is 9.84. The van der Waals surface area contributed by atoms with Crippen LogP contribution in [0.3, 0.4) is 0 Å². The van der Waals surface area contributed by atoms with Crippen LogP contribution < -0.4 is 10.6 Å². The fourth-order valence-electron chi connectivity index (χ4n) is 5.51. The standard InChI is InChI=1S/C25H29FN4O2/c1-27-24(31)19-4-7-21-18(14-19)10-13-30(23(21)17-2-5-20(26)6-3-17)25(32)28-22-15-29-11-8-16(22)9-12-29/h2-7,14,16,22-23H,8-13,15H2,1H3,(H,27,31)(H,28,32)/t22-,23+/m1/s1. The molecule has 0 aliphatic carbocycles. The summed E-state index contributed by atoms with van der Waals surface area (Å²) in [5.74, 6) is 0.108. The zero-order valence-corrected chi connectivity index (χ0v) is 18.3. The second-order valence-electron chi connectivity index (χ2n) is 9.08. The highest BCUT2D eigenvalue weighted by Gasteiger charge is 2.38. The molecule has 2 aromatic carbocycles. The summed E-state index contributed by atoms with van der Waals surface area (Å²) in [6, 6.07) is 11.8. The molecule has 3 saturated heterocycles. The maximum absolute atomic E-state index is 13.6. The van der Waals surface area contributed by atoms with Gasteiger partial charge in [0.1, 0.15) is 5.82 Å². The van der Waals surface area contributed by atoms with Crippen molar-refractivity contribution in [2.45, 2.75) is 31.3 Å². The largest absolute Gasteiger partial charge is 0.355 e. The van der Waals surface area contributed by atoms with Crippen molar-refractivity contribution in [2.75, 3.05) is 33.2 Å². The first kappa shape index (κ1) is 20.9. The molecule has 32 heavy (non-hydrogen) atoms. The molecular formula is C25H29FN4O2. The number of halogens is 1. The van der Waals surface area contributed by atoms with Crippen molar-refractivity contribution in [1.82, 2.24) is 20.4 Å². The van der Waals surface area contributed by atoms with Crippen LogP contribution >= 0.6 is 0 Å². The summed E-state index contributed by atoms with van der Waals surface area (Å²) in [7, 11) is 1.61. The van der Waals surface area contributed by atoms with Gasteiger partial charge in [0, 0.05) is 31.7 Å². The van der Waals surface area contributed by atoms with Crippen LogP contribution in [0.4, 0.5) is 9.18 Å². The first-order valence-electron chi connectivity index (χ1n) is 11.4. The SMILES string of the molecule is CNC(=O)c1ccc2c(c1)CCN(C(=O)N[C@@H]1CN3CCC1CC3)[C@H]2c1ccc(F)cc1. The van der Waals surface area contributed by atoms with Gasteiger partial charge in [0.05, 0.1) is 6.04 Å². The first-order chi connectivity index (χ1) is 15.5. The molecule has 0 spiro atoms. The lowest BCUT2D eigenvalue weighted by molar-refractivity contribution is 0.0715. The molecule has 0 saturated carbocycles. The lowest BCUT2D eigenvalue weighted by Gasteiger charge is -2.46. The number of piperidine rings is 3. The van der Waals surface area contributed by atoms with Gasteiger partial charge in [-0.15, -0.1) is 0 Å². The number of rotatable bonds is 3. The van der Waals surface area contributed by atoms with E-state index in [1.807, 2.05) is 17.0 Å². The number of benzene rings is 2. The fourth-order valence-corrected chi connectivity index (χ4v) is 5.51. The molecule has 0 aromatic heterocycles. The Morgan fingerprint density at radius 3 is 2.44 bits per heavy atom. The third kappa shape index (κ3) is 3.86. The normalized spacial score (nSPS) is 26.4. The summed E-state index contributed by atoms with van der Waals surface area (Å²) in [4.78, 5) is 29.9. The van der Waals surface area contributed by atoms with Gasteiger partial charge in [-0.2, -0.15) is 0 Å². The van der Waals surface area contributed by atoms with E-state index < -0.39 is 0 Å². The van der Waals surface area contributed by atoms with E-state index in [1.54, 1.807) is 25.2 Å². The molecule has 0 radical (unpaired) electrons. The van der Waals surface area contributed by atoms with Crippen LogP contribution in [0.15, 0.2) is 42.5 Å². The molecule has 2 N–H and O–H groups in total. The quantitative estimate of drug-likeness (QED) is 0.778. The predicted molar refractivity (Wildman–Crippen MR) is 120 cm³/mol. The molecule has 6 nitrogen and oxygen atoms in total. The van der Waals surface area contributed by atoms with Crippen molar-refractivity contribution in [3.63, 3.8) is 0 Å². The molecule has 2 bridgehead atoms. The predicted octanol–water partition coefficient (Wildman–Crippen LogP) is 2.94. The number of urea groups is 1. The summed E-state index contributed by atoms with van der Waals surface area (Å²) >= 11 is 0. The van der Waals surface area contributed by atoms with Gasteiger partial charge in [-0.25, -0.2) is 9.18 Å². The Balaban J connectivity index is 1.46. The molecule has 2 atom stereocenters. The minimum absolute atomic E-state index is 0.0703. The van der Waals surface area contributed by atoms with Gasteiger partial charge in [0.2, 0.25) is 0 Å². The Labute approximate surface area is 187 Å². The van der Waals surface area contributed by atoms with Gasteiger partial charge in [-0.05, 0) is 79.2 Å². The third-order valence-corrected chi connectivity index (χ3v) is 7.27. The zero-order valence-electron chi connectivity index (χ0n) is 18.3. The lowest BCUT2D eigenvalue weighted by Crippen LogP contribution is -2.59. The van der Waals surface area contributed by atoms with Gasteiger partial charge in [0.15, 0.2) is 0 Å². The smallest absolute Gasteiger partial charge is 0.318 e. The van der Waals surface area contributed by atoms with E-state index in [0.717, 1.165) is 49.2 Å². The van der Waals surface area contributed by atoms with E-state index in [1.165, 1.54) is 12.1 Å². The molecule has 4 aliphatic heterocycles. The van der Waals surface area contributed by atoms with Gasteiger partial charge in [0.25, 0.3) is 5.91 Å². The molecule has 4 heterocycles. The number of nitrogens with one attached hydrogen (secondary N) is 2. The van der Waals surface area contributed by atoms with Crippen LogP contribution in [-0.4, -0.2) is 61.0 Å². The second kappa shape index (κ2) is 8.54. The van der Waals surface area contributed by atoms with Crippen LogP contribution in [0.1, 0.15) is 45.9 Å². The average molecular weight is 437 g/mol. The maximum atomic E-state index is 13.6. The summed E-state index contributed by atoms with van der Waals surface area (Å²) < 4.78 is 13.6. The van der Waals surface area contributed by atoms with Crippen molar-refractivity contribution in [3.8, 4) is 0 Å². The van der Waals surface area contributed by atoms with Crippen LogP contribution in [0, 0.1) is 11.7 Å². The van der Waals surface area contributed by atoms with Crippen molar-refractivity contribution >= 4 is 11.9 Å². The first-order valence-corrected chi connectivity index (χ1v) is 11.4. The monoisotopic (exact) mass is 436 g/mol. The molecule has 4 aliphatic rings. The topological polar surface area (TPSA) is 64.7 Å². The number of hydrogen-bond donors (Lipinski definition) is 2. The van der Waals surface area contributed by atoms with Crippen molar-refractivity contribution in [2.24, 2.45) is 5.92 Å². The summed E-state index contributed by atoms with van der Waals surface area (Å²) in [5.41, 5.74) is 3.50. The van der Waals surface area contributed by atoms with E-state index in [-0.39, 0.29) is 29.8 Å². The van der Waals surface area contributed by atoms with Crippen molar-refractivity contribution in [1.29, 1.82) is 0 Å². The Bertz CT molecular complexity index is 1020. The summed E-state index contributed by atoms with van der Waals surface area (Å²) in [5, 5.41) is 5.97. The van der Waals surface area contributed by atoms with Crippen LogP contribution in [0.2, 0.25) is 0 Å². The van der Waals surface area contributed by atoms with Crippen molar-refractivity contribution < 1.29 is 14.0 Å².